The molecule has 0 aromatic rings. The highest BCUT2D eigenvalue weighted by atomic mass is 17.0. The van der Waals surface area contributed by atoms with Crippen LogP contribution in [0.15, 0.2) is 0 Å². The van der Waals surface area contributed by atoms with Gasteiger partial charge in [0, 0.05) is 11.8 Å². The molecule has 0 amide bonds. The molecule has 0 aromatic heterocycles. The molecule has 0 aliphatic rings. The lowest BCUT2D eigenvalue weighted by molar-refractivity contribution is -0.798. The molecule has 0 aromatic carbocycles. The minimum Gasteiger partial charge on any atom is -0.309 e. The van der Waals surface area contributed by atoms with Crippen molar-refractivity contribution < 1.29 is 24.6 Å². The van der Waals surface area contributed by atoms with Crippen molar-refractivity contribution >= 4 is 5.78 Å². The molecular weight excluding hydrogens is 260 g/mol. The second-order valence-corrected chi connectivity index (χ2v) is 5.11. The van der Waals surface area contributed by atoms with Gasteiger partial charge in [-0.2, -0.15) is 0 Å². The van der Waals surface area contributed by atoms with E-state index in [9.17, 15) is 25.0 Å². The molecule has 0 fully saturated rings. The molecule has 0 N–H and O–H groups in total. The lowest BCUT2D eigenvalue weighted by Gasteiger charge is -2.22. The van der Waals surface area contributed by atoms with Gasteiger partial charge < -0.3 is 9.68 Å². The number of Topliss-reactive ketones (excluding diaryl/α,β-unsaturated/α-hetero) is 1. The van der Waals surface area contributed by atoms with Gasteiger partial charge in [-0.25, -0.2) is 0 Å². The summed E-state index contributed by atoms with van der Waals surface area (Å²) in [6.45, 7) is 6.43. The first-order valence-corrected chi connectivity index (χ1v) is 5.69. The van der Waals surface area contributed by atoms with Crippen molar-refractivity contribution in [2.24, 2.45) is 5.41 Å². The van der Waals surface area contributed by atoms with Crippen LogP contribution in [0.4, 0.5) is 0 Å². The van der Waals surface area contributed by atoms with Crippen LogP contribution in [0.3, 0.4) is 0 Å². The molecule has 0 saturated carbocycles. The van der Waals surface area contributed by atoms with Crippen molar-refractivity contribution in [1.82, 2.24) is 0 Å². The quantitative estimate of drug-likeness (QED) is 0.487. The zero-order valence-corrected chi connectivity index (χ0v) is 11.3. The summed E-state index contributed by atoms with van der Waals surface area (Å²) < 4.78 is 0. The molecule has 0 aliphatic carbocycles. The molecule has 9 heteroatoms. The second kappa shape index (κ2) is 6.86. The summed E-state index contributed by atoms with van der Waals surface area (Å²) in [5.74, 6) is -0.113. The van der Waals surface area contributed by atoms with Crippen molar-refractivity contribution in [3.05, 3.63) is 20.2 Å². The molecule has 9 nitrogen and oxygen atoms in total. The van der Waals surface area contributed by atoms with Crippen molar-refractivity contribution in [2.45, 2.75) is 52.7 Å². The van der Waals surface area contributed by atoms with Gasteiger partial charge in [0.05, 0.1) is 0 Å². The minimum absolute atomic E-state index is 0.0213. The third-order valence-corrected chi connectivity index (χ3v) is 2.49. The average molecular weight is 278 g/mol. The first-order chi connectivity index (χ1) is 8.54. The fourth-order valence-corrected chi connectivity index (χ4v) is 1.34. The molecule has 110 valence electrons. The van der Waals surface area contributed by atoms with Gasteiger partial charge in [0.1, 0.15) is 18.0 Å². The molecule has 0 aliphatic heterocycles. The zero-order valence-electron chi connectivity index (χ0n) is 11.3. The minimum atomic E-state index is -1.16. The van der Waals surface area contributed by atoms with E-state index >= 15 is 0 Å². The van der Waals surface area contributed by atoms with Crippen molar-refractivity contribution in [2.75, 3.05) is 0 Å². The van der Waals surface area contributed by atoms with E-state index in [0.717, 1.165) is 0 Å². The number of rotatable bonds is 8. The predicted molar refractivity (Wildman–Crippen MR) is 63.1 cm³/mol. The van der Waals surface area contributed by atoms with Crippen LogP contribution in [0.1, 0.15) is 40.5 Å². The fourth-order valence-electron chi connectivity index (χ4n) is 1.34. The van der Waals surface area contributed by atoms with Gasteiger partial charge in [0.25, 0.3) is 10.2 Å². The molecule has 0 spiro atoms. The highest BCUT2D eigenvalue weighted by molar-refractivity contribution is 5.83. The maximum absolute atomic E-state index is 11.7. The SMILES string of the molecule is C[C@@H](O[N+](=O)[O-])[C@@H](CCC(=O)C(C)(C)C)O[N+](=O)[O-]. The van der Waals surface area contributed by atoms with Gasteiger partial charge in [-0.15, -0.1) is 20.2 Å². The first-order valence-electron chi connectivity index (χ1n) is 5.69. The van der Waals surface area contributed by atoms with Crippen LogP contribution in [-0.2, 0) is 14.5 Å². The van der Waals surface area contributed by atoms with Crippen LogP contribution in [-0.4, -0.2) is 28.2 Å². The molecule has 0 unspecified atom stereocenters. The Balaban J connectivity index is 4.56. The lowest BCUT2D eigenvalue weighted by atomic mass is 9.87. The van der Waals surface area contributed by atoms with Gasteiger partial charge in [0.15, 0.2) is 0 Å². The summed E-state index contributed by atoms with van der Waals surface area (Å²) in [5.41, 5.74) is -0.577. The Labute approximate surface area is 110 Å². The van der Waals surface area contributed by atoms with Crippen LogP contribution < -0.4 is 0 Å². The van der Waals surface area contributed by atoms with Gasteiger partial charge in [-0.1, -0.05) is 20.8 Å². The molecule has 19 heavy (non-hydrogen) atoms. The Bertz CT molecular complexity index is 350. The highest BCUT2D eigenvalue weighted by Gasteiger charge is 2.28. The topological polar surface area (TPSA) is 122 Å². The summed E-state index contributed by atoms with van der Waals surface area (Å²) in [6.07, 6.45) is -2.29. The predicted octanol–water partition coefficient (Wildman–Crippen LogP) is 1.56. The van der Waals surface area contributed by atoms with Crippen molar-refractivity contribution in [1.29, 1.82) is 0 Å². The summed E-state index contributed by atoms with van der Waals surface area (Å²) in [5, 5.41) is 18.4. The monoisotopic (exact) mass is 278 g/mol. The van der Waals surface area contributed by atoms with E-state index in [-0.39, 0.29) is 18.6 Å². The van der Waals surface area contributed by atoms with Crippen LogP contribution in [0, 0.1) is 25.6 Å². The molecule has 0 saturated heterocycles. The standard InChI is InChI=1S/C10H18N2O7/c1-7(18-11(14)15)8(19-12(16)17)5-6-9(13)10(2,3)4/h7-8H,5-6H2,1-4H3/t7-,8-/m1/s1. The molecule has 0 rings (SSSR count). The van der Waals surface area contributed by atoms with Crippen LogP contribution in [0.2, 0.25) is 0 Å². The second-order valence-electron chi connectivity index (χ2n) is 5.11. The summed E-state index contributed by atoms with van der Waals surface area (Å²) >= 11 is 0. The van der Waals surface area contributed by atoms with E-state index in [1.165, 1.54) is 6.92 Å². The normalized spacial score (nSPS) is 14.3. The number of carbonyl (C=O) groups excluding carboxylic acids is 1. The van der Waals surface area contributed by atoms with Crippen LogP contribution in [0.25, 0.3) is 0 Å². The van der Waals surface area contributed by atoms with E-state index in [1.807, 2.05) is 0 Å². The van der Waals surface area contributed by atoms with E-state index in [2.05, 4.69) is 9.68 Å². The molecular formula is C10H18N2O7. The number of ketones is 1. The molecule has 0 heterocycles. The Kier molecular flexibility index (Phi) is 6.16. The van der Waals surface area contributed by atoms with Gasteiger partial charge >= 0.3 is 0 Å². The Morgan fingerprint density at radius 2 is 1.63 bits per heavy atom. The number of carbonyl (C=O) groups is 1. The third kappa shape index (κ3) is 7.17. The van der Waals surface area contributed by atoms with E-state index in [4.69, 9.17) is 0 Å². The molecule has 0 radical (unpaired) electrons. The number of hydrogen-bond acceptors (Lipinski definition) is 7. The maximum Gasteiger partial charge on any atom is 0.294 e. The van der Waals surface area contributed by atoms with E-state index in [1.54, 1.807) is 20.8 Å². The number of nitrogens with zero attached hydrogens (tertiary/aromatic N) is 2. The van der Waals surface area contributed by atoms with Gasteiger partial charge in [-0.05, 0) is 13.3 Å². The summed E-state index contributed by atoms with van der Waals surface area (Å²) in [4.78, 5) is 40.7. The summed E-state index contributed by atoms with van der Waals surface area (Å²) in [6, 6.07) is 0. The van der Waals surface area contributed by atoms with Gasteiger partial charge in [0.2, 0.25) is 0 Å². The van der Waals surface area contributed by atoms with E-state index < -0.39 is 27.8 Å². The Morgan fingerprint density at radius 3 is 2.00 bits per heavy atom. The van der Waals surface area contributed by atoms with Crippen LogP contribution in [0.5, 0.6) is 0 Å². The largest absolute Gasteiger partial charge is 0.309 e. The zero-order chi connectivity index (χ0) is 15.2. The molecule has 2 atom stereocenters. The Hall–Kier alpha value is -1.93. The van der Waals surface area contributed by atoms with E-state index in [0.29, 0.717) is 0 Å². The third-order valence-electron chi connectivity index (χ3n) is 2.49. The fraction of sp³-hybridized carbons (Fsp3) is 0.900. The lowest BCUT2D eigenvalue weighted by Crippen LogP contribution is -2.34. The highest BCUT2D eigenvalue weighted by Crippen LogP contribution is 2.20. The molecule has 0 bridgehead atoms. The summed E-state index contributed by atoms with van der Waals surface area (Å²) in [7, 11) is 0. The smallest absolute Gasteiger partial charge is 0.294 e. The van der Waals surface area contributed by atoms with Crippen molar-refractivity contribution in [3.8, 4) is 0 Å². The van der Waals surface area contributed by atoms with Gasteiger partial charge in [-0.3, -0.25) is 4.79 Å². The first kappa shape index (κ1) is 17.1. The van der Waals surface area contributed by atoms with Crippen molar-refractivity contribution in [3.63, 3.8) is 0 Å². The number of hydrogen-bond donors (Lipinski definition) is 0. The average Bonchev–Trinajstić information content (AvgIpc) is 2.20. The van der Waals surface area contributed by atoms with Crippen LogP contribution >= 0.6 is 0 Å². The maximum atomic E-state index is 11.7. The Morgan fingerprint density at radius 1 is 1.16 bits per heavy atom.